The van der Waals surface area contributed by atoms with Crippen LogP contribution in [0, 0.1) is 16.2 Å². The Balaban J connectivity index is 5.24. The van der Waals surface area contributed by atoms with E-state index in [4.69, 9.17) is 5.73 Å². The lowest BCUT2D eigenvalue weighted by Crippen LogP contribution is -2.52. The summed E-state index contributed by atoms with van der Waals surface area (Å²) in [7, 11) is 0. The van der Waals surface area contributed by atoms with Gasteiger partial charge in [-0.3, -0.25) is 4.79 Å². The van der Waals surface area contributed by atoms with E-state index in [-0.39, 0.29) is 23.3 Å². The molecule has 0 atom stereocenters. The van der Waals surface area contributed by atoms with Gasteiger partial charge >= 0.3 is 0 Å². The van der Waals surface area contributed by atoms with Gasteiger partial charge in [-0.1, -0.05) is 41.5 Å². The monoisotopic (exact) mass is 201 g/mol. The van der Waals surface area contributed by atoms with E-state index < -0.39 is 5.41 Å². The molecule has 0 aliphatic heterocycles. The third kappa shape index (κ3) is 1.78. The van der Waals surface area contributed by atoms with Crippen LogP contribution in [0.5, 0.6) is 0 Å². The summed E-state index contributed by atoms with van der Waals surface area (Å²) in [6, 6.07) is 0. The van der Waals surface area contributed by atoms with Crippen LogP contribution in [0.4, 0.5) is 0 Å². The minimum absolute atomic E-state index is 0.0384. The molecule has 0 unspecified atom stereocenters. The number of amides is 1. The molecule has 0 fully saturated rings. The largest absolute Gasteiger partial charge is 0.396 e. The van der Waals surface area contributed by atoms with Gasteiger partial charge < -0.3 is 10.8 Å². The number of nitrogens with two attached hydrogens (primary N) is 1. The summed E-state index contributed by atoms with van der Waals surface area (Å²) in [5.74, 6) is -0.330. The Hall–Kier alpha value is -0.570. The van der Waals surface area contributed by atoms with Crippen molar-refractivity contribution in [2.45, 2.75) is 41.5 Å². The molecule has 0 saturated carbocycles. The first-order valence-electron chi connectivity index (χ1n) is 4.91. The number of carbonyl (C=O) groups excluding carboxylic acids is 1. The zero-order valence-electron chi connectivity index (χ0n) is 10.1. The first kappa shape index (κ1) is 13.4. The van der Waals surface area contributed by atoms with E-state index in [0.29, 0.717) is 0 Å². The Morgan fingerprint density at radius 1 is 1.14 bits per heavy atom. The van der Waals surface area contributed by atoms with E-state index in [0.717, 1.165) is 0 Å². The Bertz CT molecular complexity index is 229. The summed E-state index contributed by atoms with van der Waals surface area (Å²) in [5, 5.41) is 9.32. The van der Waals surface area contributed by atoms with Gasteiger partial charge in [0, 0.05) is 12.0 Å². The summed E-state index contributed by atoms with van der Waals surface area (Å²) in [5.41, 5.74) is 4.05. The average molecular weight is 201 g/mol. The molecule has 0 radical (unpaired) electrons. The predicted octanol–water partition coefficient (Wildman–Crippen LogP) is 1.54. The number of hydrogen-bond acceptors (Lipinski definition) is 2. The minimum atomic E-state index is -0.640. The maximum Gasteiger partial charge on any atom is 0.223 e. The molecular formula is C11H23NO2. The van der Waals surface area contributed by atoms with Crippen molar-refractivity contribution in [1.29, 1.82) is 0 Å². The molecule has 0 aromatic heterocycles. The third-order valence-corrected chi connectivity index (χ3v) is 4.27. The van der Waals surface area contributed by atoms with Crippen LogP contribution >= 0.6 is 0 Å². The maximum atomic E-state index is 11.4. The normalized spacial score (nSPS) is 14.2. The summed E-state index contributed by atoms with van der Waals surface area (Å²) < 4.78 is 0. The SMILES string of the molecule is CC(C)(CO)C(C)(C)C(C)(C)C(N)=O. The Kier molecular flexibility index (Phi) is 3.39. The van der Waals surface area contributed by atoms with Gasteiger partial charge in [0.25, 0.3) is 0 Å². The zero-order valence-corrected chi connectivity index (χ0v) is 10.1. The molecule has 1 amide bonds. The fourth-order valence-electron chi connectivity index (χ4n) is 1.35. The predicted molar refractivity (Wildman–Crippen MR) is 57.6 cm³/mol. The lowest BCUT2D eigenvalue weighted by atomic mass is 9.55. The van der Waals surface area contributed by atoms with E-state index in [1.54, 1.807) is 0 Å². The Labute approximate surface area is 86.7 Å². The smallest absolute Gasteiger partial charge is 0.223 e. The number of aliphatic hydroxyl groups excluding tert-OH is 1. The van der Waals surface area contributed by atoms with Gasteiger partial charge in [0.05, 0.1) is 0 Å². The molecule has 0 heterocycles. The first-order valence-corrected chi connectivity index (χ1v) is 4.91. The van der Waals surface area contributed by atoms with E-state index in [1.165, 1.54) is 0 Å². The van der Waals surface area contributed by atoms with Crippen LogP contribution in [-0.4, -0.2) is 17.6 Å². The Morgan fingerprint density at radius 2 is 1.50 bits per heavy atom. The van der Waals surface area contributed by atoms with Gasteiger partial charge in [0.2, 0.25) is 5.91 Å². The van der Waals surface area contributed by atoms with Gasteiger partial charge in [-0.15, -0.1) is 0 Å². The van der Waals surface area contributed by atoms with Crippen LogP contribution in [0.3, 0.4) is 0 Å². The third-order valence-electron chi connectivity index (χ3n) is 4.27. The highest BCUT2D eigenvalue weighted by Gasteiger charge is 2.50. The van der Waals surface area contributed by atoms with Crippen LogP contribution in [0.2, 0.25) is 0 Å². The minimum Gasteiger partial charge on any atom is -0.396 e. The van der Waals surface area contributed by atoms with Crippen molar-refractivity contribution in [2.24, 2.45) is 22.0 Å². The molecule has 0 aliphatic carbocycles. The molecule has 0 saturated heterocycles. The molecule has 3 heteroatoms. The number of hydrogen-bond donors (Lipinski definition) is 2. The maximum absolute atomic E-state index is 11.4. The number of primary amides is 1. The van der Waals surface area contributed by atoms with Gasteiger partial charge in [0.1, 0.15) is 0 Å². The second-order valence-corrected chi connectivity index (χ2v) is 5.66. The summed E-state index contributed by atoms with van der Waals surface area (Å²) in [6.45, 7) is 11.5. The van der Waals surface area contributed by atoms with Crippen molar-refractivity contribution in [3.8, 4) is 0 Å². The molecule has 0 spiro atoms. The molecule has 0 bridgehead atoms. The quantitative estimate of drug-likeness (QED) is 0.724. The van der Waals surface area contributed by atoms with Gasteiger partial charge in [-0.2, -0.15) is 0 Å². The molecule has 0 aromatic carbocycles. The lowest BCUT2D eigenvalue weighted by Gasteiger charge is -2.49. The van der Waals surface area contributed by atoms with Crippen molar-refractivity contribution in [3.05, 3.63) is 0 Å². The summed E-state index contributed by atoms with van der Waals surface area (Å²) in [4.78, 5) is 11.4. The molecule has 3 N–H and O–H groups in total. The first-order chi connectivity index (χ1) is 6.00. The second-order valence-electron chi connectivity index (χ2n) is 5.66. The molecule has 14 heavy (non-hydrogen) atoms. The van der Waals surface area contributed by atoms with Crippen LogP contribution in [-0.2, 0) is 4.79 Å². The van der Waals surface area contributed by atoms with Crippen LogP contribution in [0.25, 0.3) is 0 Å². The van der Waals surface area contributed by atoms with E-state index in [1.807, 2.05) is 41.5 Å². The van der Waals surface area contributed by atoms with Crippen molar-refractivity contribution in [2.75, 3.05) is 6.61 Å². The van der Waals surface area contributed by atoms with Gasteiger partial charge in [-0.25, -0.2) is 0 Å². The number of rotatable bonds is 4. The standard InChI is InChI=1S/C11H23NO2/c1-9(2,7-13)11(5,6)10(3,4)8(12)14/h13H,7H2,1-6H3,(H2,12,14). The van der Waals surface area contributed by atoms with E-state index >= 15 is 0 Å². The highest BCUT2D eigenvalue weighted by Crippen LogP contribution is 2.50. The molecule has 3 nitrogen and oxygen atoms in total. The molecule has 84 valence electrons. The molecule has 0 aromatic rings. The number of carbonyl (C=O) groups is 1. The average Bonchev–Trinajstić information content (AvgIpc) is 2.03. The topological polar surface area (TPSA) is 63.3 Å². The van der Waals surface area contributed by atoms with Crippen LogP contribution in [0.15, 0.2) is 0 Å². The van der Waals surface area contributed by atoms with E-state index in [9.17, 15) is 9.90 Å². The fraction of sp³-hybridized carbons (Fsp3) is 0.909. The highest BCUT2D eigenvalue weighted by molar-refractivity contribution is 5.81. The lowest BCUT2D eigenvalue weighted by molar-refractivity contribution is -0.140. The highest BCUT2D eigenvalue weighted by atomic mass is 16.3. The van der Waals surface area contributed by atoms with E-state index in [2.05, 4.69) is 0 Å². The van der Waals surface area contributed by atoms with Gasteiger partial charge in [0.15, 0.2) is 0 Å². The van der Waals surface area contributed by atoms with Crippen LogP contribution < -0.4 is 5.73 Å². The van der Waals surface area contributed by atoms with Crippen molar-refractivity contribution in [1.82, 2.24) is 0 Å². The molecule has 0 aliphatic rings. The van der Waals surface area contributed by atoms with Gasteiger partial charge in [-0.05, 0) is 10.8 Å². The molecule has 0 rings (SSSR count). The zero-order chi connectivity index (χ0) is 11.8. The Morgan fingerprint density at radius 3 is 1.71 bits per heavy atom. The van der Waals surface area contributed by atoms with Crippen molar-refractivity contribution < 1.29 is 9.90 Å². The summed E-state index contributed by atoms with van der Waals surface area (Å²) in [6.07, 6.45) is 0. The van der Waals surface area contributed by atoms with Crippen molar-refractivity contribution >= 4 is 5.91 Å². The molecular weight excluding hydrogens is 178 g/mol. The second kappa shape index (κ2) is 3.54. The summed E-state index contributed by atoms with van der Waals surface area (Å²) >= 11 is 0. The fourth-order valence-corrected chi connectivity index (χ4v) is 1.35. The van der Waals surface area contributed by atoms with Crippen molar-refractivity contribution in [3.63, 3.8) is 0 Å². The number of aliphatic hydroxyl groups is 1. The van der Waals surface area contributed by atoms with Crippen LogP contribution in [0.1, 0.15) is 41.5 Å².